The summed E-state index contributed by atoms with van der Waals surface area (Å²) in [6.45, 7) is 4.64. The molecular weight excluding hydrogens is 436 g/mol. The van der Waals surface area contributed by atoms with Crippen molar-refractivity contribution in [2.24, 2.45) is 0 Å². The molecule has 1 aromatic carbocycles. The van der Waals surface area contributed by atoms with E-state index in [4.69, 9.17) is 4.74 Å². The number of nitrogens with zero attached hydrogens (tertiary/aromatic N) is 3. The van der Waals surface area contributed by atoms with Gasteiger partial charge in [0, 0.05) is 50.1 Å². The lowest BCUT2D eigenvalue weighted by molar-refractivity contribution is 0.0776. The summed E-state index contributed by atoms with van der Waals surface area (Å²) >= 11 is 1.49. The van der Waals surface area contributed by atoms with E-state index in [1.165, 1.54) is 16.9 Å². The summed E-state index contributed by atoms with van der Waals surface area (Å²) in [5.41, 5.74) is 2.92. The second-order valence-electron chi connectivity index (χ2n) is 8.56. The number of pyridine rings is 1. The van der Waals surface area contributed by atoms with E-state index in [0.29, 0.717) is 32.1 Å². The summed E-state index contributed by atoms with van der Waals surface area (Å²) in [5.74, 6) is 1.17. The van der Waals surface area contributed by atoms with E-state index >= 15 is 0 Å². The number of carbonyl (C=O) groups excluding carboxylic acids is 2. The van der Waals surface area contributed by atoms with Crippen LogP contribution in [0.15, 0.2) is 60.2 Å². The highest BCUT2D eigenvalue weighted by Gasteiger charge is 2.32. The summed E-state index contributed by atoms with van der Waals surface area (Å²) in [6, 6.07) is 13.3. The number of aromatic nitrogens is 1. The van der Waals surface area contributed by atoms with Gasteiger partial charge in [-0.25, -0.2) is 4.79 Å². The Morgan fingerprint density at radius 3 is 2.61 bits per heavy atom. The number of ether oxygens (including phenoxy) is 1. The minimum atomic E-state index is -0.0994. The van der Waals surface area contributed by atoms with Crippen molar-refractivity contribution in [3.63, 3.8) is 0 Å². The number of benzene rings is 1. The fourth-order valence-electron chi connectivity index (χ4n) is 4.23. The second kappa shape index (κ2) is 9.23. The monoisotopic (exact) mass is 462 g/mol. The molecule has 0 unspecified atom stereocenters. The van der Waals surface area contributed by atoms with Gasteiger partial charge in [-0.2, -0.15) is 0 Å². The molecule has 5 rings (SSSR count). The van der Waals surface area contributed by atoms with E-state index in [0.717, 1.165) is 28.3 Å². The number of nitrogens with one attached hydrogen (secondary N) is 1. The molecule has 3 amide bonds. The van der Waals surface area contributed by atoms with Crippen LogP contribution >= 0.6 is 11.3 Å². The van der Waals surface area contributed by atoms with Crippen LogP contribution in [-0.2, 0) is 0 Å². The van der Waals surface area contributed by atoms with Gasteiger partial charge in [0.15, 0.2) is 0 Å². The smallest absolute Gasteiger partial charge is 0.321 e. The number of amides is 3. The molecular formula is C25H26N4O3S. The number of hydrogen-bond donors (Lipinski definition) is 1. The number of anilines is 1. The first-order valence-electron chi connectivity index (χ1n) is 11.1. The largest absolute Gasteiger partial charge is 0.489 e. The average molecular weight is 463 g/mol. The summed E-state index contributed by atoms with van der Waals surface area (Å²) in [5, 5.41) is 4.90. The number of likely N-dealkylation sites (tertiary alicyclic amines) is 2. The average Bonchev–Trinajstić information content (AvgIpc) is 3.43. The van der Waals surface area contributed by atoms with Crippen molar-refractivity contribution in [2.75, 3.05) is 31.5 Å². The molecule has 4 heterocycles. The van der Waals surface area contributed by atoms with Crippen molar-refractivity contribution in [2.45, 2.75) is 25.4 Å². The molecule has 0 saturated carbocycles. The Morgan fingerprint density at radius 1 is 1.09 bits per heavy atom. The molecule has 2 aliphatic heterocycles. The van der Waals surface area contributed by atoms with E-state index in [2.05, 4.69) is 10.3 Å². The molecule has 3 aromatic rings. The maximum absolute atomic E-state index is 12.7. The number of rotatable bonds is 5. The highest BCUT2D eigenvalue weighted by atomic mass is 32.1. The third kappa shape index (κ3) is 4.71. The molecule has 8 heteroatoms. The van der Waals surface area contributed by atoms with Gasteiger partial charge in [0.25, 0.3) is 5.91 Å². The zero-order valence-electron chi connectivity index (χ0n) is 18.4. The van der Waals surface area contributed by atoms with E-state index in [-0.39, 0.29) is 18.0 Å². The predicted octanol–water partition coefficient (Wildman–Crippen LogP) is 4.38. The van der Waals surface area contributed by atoms with Crippen LogP contribution in [0.4, 0.5) is 10.5 Å². The van der Waals surface area contributed by atoms with Crippen molar-refractivity contribution in [3.8, 4) is 5.75 Å². The van der Waals surface area contributed by atoms with Crippen molar-refractivity contribution in [1.29, 1.82) is 0 Å². The van der Waals surface area contributed by atoms with E-state index < -0.39 is 0 Å². The highest BCUT2D eigenvalue weighted by Crippen LogP contribution is 2.28. The van der Waals surface area contributed by atoms with Crippen LogP contribution < -0.4 is 10.1 Å². The van der Waals surface area contributed by atoms with Crippen LogP contribution in [-0.4, -0.2) is 59.0 Å². The first-order valence-corrected chi connectivity index (χ1v) is 12.0. The Bertz CT molecular complexity index is 1130. The summed E-state index contributed by atoms with van der Waals surface area (Å²) in [7, 11) is 0. The third-order valence-electron chi connectivity index (χ3n) is 6.22. The van der Waals surface area contributed by atoms with Gasteiger partial charge in [0.1, 0.15) is 11.9 Å². The standard InChI is InChI=1S/C25H26N4O3S/c1-17-9-12-33-23(17)24(30)28-11-8-22(16-28)32-21-6-4-20(5-7-21)27-25(31)29-14-19(15-29)18-3-2-10-26-13-18/h2-7,9-10,12-13,19,22H,8,11,14-16H2,1H3,(H,27,31)/t22-/m1/s1. The molecule has 170 valence electrons. The maximum atomic E-state index is 12.7. The van der Waals surface area contributed by atoms with Crippen LogP contribution in [0.3, 0.4) is 0 Å². The molecule has 0 radical (unpaired) electrons. The molecule has 1 N–H and O–H groups in total. The van der Waals surface area contributed by atoms with Crippen LogP contribution in [0, 0.1) is 6.92 Å². The lowest BCUT2D eigenvalue weighted by Crippen LogP contribution is -2.50. The van der Waals surface area contributed by atoms with Crippen LogP contribution in [0.5, 0.6) is 5.75 Å². The second-order valence-corrected chi connectivity index (χ2v) is 9.47. The normalized spacial score (nSPS) is 18.2. The summed E-state index contributed by atoms with van der Waals surface area (Å²) in [4.78, 5) is 33.8. The molecule has 2 aromatic heterocycles. The topological polar surface area (TPSA) is 74.8 Å². The fraction of sp³-hybridized carbons (Fsp3) is 0.320. The van der Waals surface area contributed by atoms with E-state index in [9.17, 15) is 9.59 Å². The quantitative estimate of drug-likeness (QED) is 0.611. The van der Waals surface area contributed by atoms with Crippen molar-refractivity contribution in [3.05, 3.63) is 76.2 Å². The summed E-state index contributed by atoms with van der Waals surface area (Å²) in [6.07, 6.45) is 4.40. The molecule has 0 aliphatic carbocycles. The lowest BCUT2D eigenvalue weighted by atomic mass is 9.93. The maximum Gasteiger partial charge on any atom is 0.321 e. The van der Waals surface area contributed by atoms with Crippen molar-refractivity contribution < 1.29 is 14.3 Å². The highest BCUT2D eigenvalue weighted by molar-refractivity contribution is 7.12. The predicted molar refractivity (Wildman–Crippen MR) is 128 cm³/mol. The van der Waals surface area contributed by atoms with Gasteiger partial charge in [0.05, 0.1) is 11.4 Å². The van der Waals surface area contributed by atoms with Gasteiger partial charge >= 0.3 is 6.03 Å². The van der Waals surface area contributed by atoms with Crippen LogP contribution in [0.2, 0.25) is 0 Å². The number of aryl methyl sites for hydroxylation is 1. The van der Waals surface area contributed by atoms with Gasteiger partial charge in [-0.1, -0.05) is 6.07 Å². The first-order chi connectivity index (χ1) is 16.1. The zero-order valence-corrected chi connectivity index (χ0v) is 19.3. The molecule has 1 atom stereocenters. The van der Waals surface area contributed by atoms with Crippen molar-refractivity contribution >= 4 is 29.0 Å². The molecule has 0 spiro atoms. The van der Waals surface area contributed by atoms with Crippen LogP contribution in [0.1, 0.15) is 33.1 Å². The van der Waals surface area contributed by atoms with Gasteiger partial charge in [-0.05, 0) is 59.8 Å². The Morgan fingerprint density at radius 2 is 1.91 bits per heavy atom. The number of carbonyl (C=O) groups is 2. The molecule has 2 fully saturated rings. The first kappa shape index (κ1) is 21.5. The SMILES string of the molecule is Cc1ccsc1C(=O)N1CC[C@@H](Oc2ccc(NC(=O)N3CC(c4cccnc4)C3)cc2)C1. The van der Waals surface area contributed by atoms with E-state index in [1.54, 1.807) is 11.1 Å². The van der Waals surface area contributed by atoms with Gasteiger partial charge < -0.3 is 19.9 Å². The Balaban J connectivity index is 1.09. The Hall–Kier alpha value is -3.39. The minimum Gasteiger partial charge on any atom is -0.489 e. The molecule has 2 aliphatic rings. The van der Waals surface area contributed by atoms with Crippen LogP contribution in [0.25, 0.3) is 0 Å². The van der Waals surface area contributed by atoms with Gasteiger partial charge in [0.2, 0.25) is 0 Å². The fourth-order valence-corrected chi connectivity index (χ4v) is 5.12. The molecule has 33 heavy (non-hydrogen) atoms. The Labute approximate surface area is 197 Å². The van der Waals surface area contributed by atoms with E-state index in [1.807, 2.05) is 65.9 Å². The van der Waals surface area contributed by atoms with Gasteiger partial charge in [-0.15, -0.1) is 11.3 Å². The third-order valence-corrected chi connectivity index (χ3v) is 7.23. The van der Waals surface area contributed by atoms with Gasteiger partial charge in [-0.3, -0.25) is 9.78 Å². The molecule has 0 bridgehead atoms. The minimum absolute atomic E-state index is 0.0276. The lowest BCUT2D eigenvalue weighted by Gasteiger charge is -2.39. The summed E-state index contributed by atoms with van der Waals surface area (Å²) < 4.78 is 6.09. The number of thiophene rings is 1. The molecule has 2 saturated heterocycles. The number of hydrogen-bond acceptors (Lipinski definition) is 5. The zero-order chi connectivity index (χ0) is 22.8. The Kier molecular flexibility index (Phi) is 6.00. The number of urea groups is 1. The molecule has 7 nitrogen and oxygen atoms in total. The van der Waals surface area contributed by atoms with Crippen molar-refractivity contribution in [1.82, 2.24) is 14.8 Å².